The van der Waals surface area contributed by atoms with Crippen LogP contribution in [0, 0.1) is 0 Å². The second kappa shape index (κ2) is 6.00. The number of rotatable bonds is 3. The SMILES string of the molecule is CCC1C(Cl)=CN(C)N1[C@H]1CC[C@H]1c1ccc(Cl)cc1Cl. The van der Waals surface area contributed by atoms with E-state index >= 15 is 0 Å². The minimum absolute atomic E-state index is 0.288. The summed E-state index contributed by atoms with van der Waals surface area (Å²) in [6.07, 6.45) is 5.36. The van der Waals surface area contributed by atoms with Crippen LogP contribution in [0.4, 0.5) is 0 Å². The second-order valence-corrected chi connectivity index (χ2v) is 7.09. The predicted octanol–water partition coefficient (Wildman–Crippen LogP) is 5.26. The van der Waals surface area contributed by atoms with Crippen molar-refractivity contribution in [1.29, 1.82) is 0 Å². The number of nitrogens with zero attached hydrogens (tertiary/aromatic N) is 2. The molecule has 114 valence electrons. The van der Waals surface area contributed by atoms with Crippen molar-refractivity contribution in [2.45, 2.75) is 44.2 Å². The molecule has 1 unspecified atom stereocenters. The van der Waals surface area contributed by atoms with E-state index in [-0.39, 0.29) is 6.04 Å². The fourth-order valence-electron chi connectivity index (χ4n) is 3.49. The highest BCUT2D eigenvalue weighted by molar-refractivity contribution is 6.35. The Hall–Kier alpha value is -0.410. The first-order chi connectivity index (χ1) is 10.0. The Morgan fingerprint density at radius 1 is 1.19 bits per heavy atom. The van der Waals surface area contributed by atoms with Gasteiger partial charge in [0, 0.05) is 35.3 Å². The van der Waals surface area contributed by atoms with Gasteiger partial charge in [0.2, 0.25) is 0 Å². The van der Waals surface area contributed by atoms with Crippen molar-refractivity contribution >= 4 is 34.8 Å². The van der Waals surface area contributed by atoms with Gasteiger partial charge in [-0.1, -0.05) is 47.8 Å². The molecule has 0 amide bonds. The fraction of sp³-hybridized carbons (Fsp3) is 0.500. The molecule has 0 N–H and O–H groups in total. The largest absolute Gasteiger partial charge is 0.314 e. The molecular weight excluding hydrogens is 327 g/mol. The molecule has 5 heteroatoms. The van der Waals surface area contributed by atoms with Crippen molar-refractivity contribution < 1.29 is 0 Å². The van der Waals surface area contributed by atoms with Crippen LogP contribution >= 0.6 is 34.8 Å². The maximum atomic E-state index is 6.39. The van der Waals surface area contributed by atoms with Crippen LogP contribution in [-0.2, 0) is 0 Å². The maximum Gasteiger partial charge on any atom is 0.0665 e. The van der Waals surface area contributed by atoms with Crippen LogP contribution in [0.3, 0.4) is 0 Å². The average Bonchev–Trinajstić information content (AvgIpc) is 2.66. The maximum absolute atomic E-state index is 6.39. The molecule has 1 aliphatic heterocycles. The van der Waals surface area contributed by atoms with Gasteiger partial charge in [0.1, 0.15) is 0 Å². The molecule has 3 atom stereocenters. The van der Waals surface area contributed by atoms with E-state index in [0.29, 0.717) is 17.0 Å². The summed E-state index contributed by atoms with van der Waals surface area (Å²) < 4.78 is 0. The van der Waals surface area contributed by atoms with Crippen LogP contribution < -0.4 is 0 Å². The molecule has 2 nitrogen and oxygen atoms in total. The first-order valence-electron chi connectivity index (χ1n) is 7.36. The number of hydrazine groups is 1. The summed E-state index contributed by atoms with van der Waals surface area (Å²) in [6.45, 7) is 2.18. The van der Waals surface area contributed by atoms with Crippen LogP contribution in [0.5, 0.6) is 0 Å². The number of hydrogen-bond donors (Lipinski definition) is 0. The van der Waals surface area contributed by atoms with E-state index in [1.165, 1.54) is 12.0 Å². The van der Waals surface area contributed by atoms with Gasteiger partial charge >= 0.3 is 0 Å². The van der Waals surface area contributed by atoms with E-state index in [9.17, 15) is 0 Å². The van der Waals surface area contributed by atoms with Crippen molar-refractivity contribution in [1.82, 2.24) is 10.0 Å². The minimum Gasteiger partial charge on any atom is -0.314 e. The van der Waals surface area contributed by atoms with Gasteiger partial charge in [-0.2, -0.15) is 0 Å². The van der Waals surface area contributed by atoms with E-state index in [1.54, 1.807) is 0 Å². The standard InChI is InChI=1S/C16H19Cl3N2/c1-3-15-14(19)9-20(2)21(15)16-7-6-12(16)11-5-4-10(17)8-13(11)18/h4-5,8-9,12,15-16H,3,6-7H2,1-2H3/t12-,15?,16-/m0/s1. The second-order valence-electron chi connectivity index (χ2n) is 5.81. The molecule has 3 rings (SSSR count). The van der Waals surface area contributed by atoms with E-state index in [2.05, 4.69) is 30.1 Å². The molecule has 1 aliphatic carbocycles. The fourth-order valence-corrected chi connectivity index (χ4v) is 4.43. The van der Waals surface area contributed by atoms with Crippen molar-refractivity contribution in [2.75, 3.05) is 7.05 Å². The Kier molecular flexibility index (Phi) is 4.42. The van der Waals surface area contributed by atoms with Gasteiger partial charge in [-0.05, 0) is 37.0 Å². The first-order valence-corrected chi connectivity index (χ1v) is 8.49. The monoisotopic (exact) mass is 344 g/mol. The summed E-state index contributed by atoms with van der Waals surface area (Å²) in [7, 11) is 2.07. The lowest BCUT2D eigenvalue weighted by molar-refractivity contribution is -0.0513. The lowest BCUT2D eigenvalue weighted by Gasteiger charge is -2.48. The van der Waals surface area contributed by atoms with Crippen molar-refractivity contribution in [3.63, 3.8) is 0 Å². The Morgan fingerprint density at radius 2 is 1.95 bits per heavy atom. The highest BCUT2D eigenvalue weighted by atomic mass is 35.5. The summed E-state index contributed by atoms with van der Waals surface area (Å²) in [4.78, 5) is 0. The van der Waals surface area contributed by atoms with Gasteiger partial charge in [-0.25, -0.2) is 5.01 Å². The van der Waals surface area contributed by atoms with Gasteiger partial charge in [-0.3, -0.25) is 0 Å². The third-order valence-corrected chi connectivity index (χ3v) is 5.55. The molecule has 0 radical (unpaired) electrons. The number of hydrogen-bond acceptors (Lipinski definition) is 2. The Bertz CT molecular complexity index is 573. The van der Waals surface area contributed by atoms with Crippen LogP contribution in [0.2, 0.25) is 10.0 Å². The van der Waals surface area contributed by atoms with Crippen LogP contribution in [0.25, 0.3) is 0 Å². The lowest BCUT2D eigenvalue weighted by Crippen LogP contribution is -2.53. The summed E-state index contributed by atoms with van der Waals surface area (Å²) in [5.41, 5.74) is 1.20. The molecule has 1 saturated carbocycles. The zero-order valence-corrected chi connectivity index (χ0v) is 14.5. The molecule has 0 saturated heterocycles. The number of benzene rings is 1. The smallest absolute Gasteiger partial charge is 0.0665 e. The van der Waals surface area contributed by atoms with E-state index in [0.717, 1.165) is 22.9 Å². The van der Waals surface area contributed by atoms with Gasteiger partial charge < -0.3 is 5.01 Å². The topological polar surface area (TPSA) is 6.48 Å². The van der Waals surface area contributed by atoms with Crippen LogP contribution in [0.1, 0.15) is 37.7 Å². The Balaban J connectivity index is 1.84. The molecule has 2 aliphatic rings. The normalized spacial score (nSPS) is 29.5. The number of halogens is 3. The molecule has 0 spiro atoms. The quantitative estimate of drug-likeness (QED) is 0.737. The third-order valence-electron chi connectivity index (χ3n) is 4.64. The molecular formula is C16H19Cl3N2. The van der Waals surface area contributed by atoms with Gasteiger partial charge in [-0.15, -0.1) is 0 Å². The molecule has 1 fully saturated rings. The van der Waals surface area contributed by atoms with Gasteiger partial charge in [0.25, 0.3) is 0 Å². The molecule has 0 aromatic heterocycles. The minimum atomic E-state index is 0.288. The predicted molar refractivity (Wildman–Crippen MR) is 89.8 cm³/mol. The highest BCUT2D eigenvalue weighted by Crippen LogP contribution is 2.46. The average molecular weight is 346 g/mol. The molecule has 1 aromatic carbocycles. The van der Waals surface area contributed by atoms with E-state index < -0.39 is 0 Å². The lowest BCUT2D eigenvalue weighted by atomic mass is 9.74. The zero-order chi connectivity index (χ0) is 15.1. The highest BCUT2D eigenvalue weighted by Gasteiger charge is 2.44. The first kappa shape index (κ1) is 15.5. The molecule has 1 aromatic rings. The van der Waals surface area contributed by atoms with Crippen molar-refractivity contribution in [3.8, 4) is 0 Å². The molecule has 0 bridgehead atoms. The van der Waals surface area contributed by atoms with E-state index in [1.807, 2.05) is 18.3 Å². The Labute approximate surface area is 141 Å². The van der Waals surface area contributed by atoms with Crippen molar-refractivity contribution in [2.24, 2.45) is 0 Å². The van der Waals surface area contributed by atoms with Crippen LogP contribution in [-0.4, -0.2) is 29.1 Å². The molecule has 21 heavy (non-hydrogen) atoms. The summed E-state index contributed by atoms with van der Waals surface area (Å²) >= 11 is 18.8. The Morgan fingerprint density at radius 3 is 2.52 bits per heavy atom. The van der Waals surface area contributed by atoms with E-state index in [4.69, 9.17) is 34.8 Å². The third kappa shape index (κ3) is 2.68. The summed E-state index contributed by atoms with van der Waals surface area (Å²) in [6, 6.07) is 6.56. The van der Waals surface area contributed by atoms with Gasteiger partial charge in [0.05, 0.1) is 11.1 Å². The molecule has 1 heterocycles. The zero-order valence-electron chi connectivity index (χ0n) is 12.2. The van der Waals surface area contributed by atoms with Crippen LogP contribution in [0.15, 0.2) is 29.4 Å². The van der Waals surface area contributed by atoms with Gasteiger partial charge in [0.15, 0.2) is 0 Å². The summed E-state index contributed by atoms with van der Waals surface area (Å²) in [5, 5.41) is 6.92. The summed E-state index contributed by atoms with van der Waals surface area (Å²) in [5.74, 6) is 0.447. The van der Waals surface area contributed by atoms with Crippen molar-refractivity contribution in [3.05, 3.63) is 45.0 Å².